The maximum atomic E-state index is 6.22. The van der Waals surface area contributed by atoms with E-state index in [9.17, 15) is 0 Å². The molecule has 1 saturated heterocycles. The first-order chi connectivity index (χ1) is 9.54. The quantitative estimate of drug-likeness (QED) is 0.887. The van der Waals surface area contributed by atoms with Gasteiger partial charge in [-0.3, -0.25) is 4.90 Å². The van der Waals surface area contributed by atoms with E-state index in [0.717, 1.165) is 29.6 Å². The number of nitrogens with one attached hydrogen (secondary N) is 1. The summed E-state index contributed by atoms with van der Waals surface area (Å²) >= 11 is 6.22. The minimum atomic E-state index is 0.585. The van der Waals surface area contributed by atoms with Gasteiger partial charge in [0.15, 0.2) is 0 Å². The van der Waals surface area contributed by atoms with Crippen LogP contribution >= 0.6 is 11.6 Å². The third-order valence-electron chi connectivity index (χ3n) is 4.06. The van der Waals surface area contributed by atoms with Gasteiger partial charge in [-0.05, 0) is 56.0 Å². The van der Waals surface area contributed by atoms with E-state index < -0.39 is 0 Å². The van der Waals surface area contributed by atoms with Gasteiger partial charge in [0.1, 0.15) is 0 Å². The number of halogens is 1. The number of piperidine rings is 1. The third-order valence-corrected chi connectivity index (χ3v) is 4.47. The molecule has 1 unspecified atom stereocenters. The molecule has 0 aromatic heterocycles. The molecule has 1 aliphatic heterocycles. The zero-order valence-corrected chi connectivity index (χ0v) is 13.7. The molecule has 2 nitrogen and oxygen atoms in total. The van der Waals surface area contributed by atoms with Crippen LogP contribution in [-0.2, 0) is 6.54 Å². The molecule has 112 valence electrons. The van der Waals surface area contributed by atoms with Crippen LogP contribution < -0.4 is 5.32 Å². The predicted molar refractivity (Wildman–Crippen MR) is 87.3 cm³/mol. The molecule has 1 N–H and O–H groups in total. The van der Waals surface area contributed by atoms with Gasteiger partial charge >= 0.3 is 0 Å². The van der Waals surface area contributed by atoms with E-state index in [2.05, 4.69) is 49.2 Å². The molecule has 1 fully saturated rings. The van der Waals surface area contributed by atoms with Crippen molar-refractivity contribution in [2.24, 2.45) is 5.92 Å². The number of likely N-dealkylation sites (tertiary alicyclic amines) is 1. The molecule has 0 aliphatic carbocycles. The van der Waals surface area contributed by atoms with Crippen molar-refractivity contribution in [1.82, 2.24) is 10.2 Å². The van der Waals surface area contributed by atoms with Gasteiger partial charge in [-0.2, -0.15) is 0 Å². The molecule has 2 rings (SSSR count). The number of nitrogens with zero attached hydrogens (tertiary/aromatic N) is 1. The lowest BCUT2D eigenvalue weighted by atomic mass is 9.97. The fourth-order valence-electron chi connectivity index (χ4n) is 2.86. The topological polar surface area (TPSA) is 15.3 Å². The second-order valence-electron chi connectivity index (χ2n) is 6.39. The monoisotopic (exact) mass is 294 g/mol. The van der Waals surface area contributed by atoms with Crippen molar-refractivity contribution in [2.75, 3.05) is 19.6 Å². The molecule has 0 bridgehead atoms. The molecule has 1 atom stereocenters. The van der Waals surface area contributed by atoms with Crippen LogP contribution in [0.3, 0.4) is 0 Å². The summed E-state index contributed by atoms with van der Waals surface area (Å²) < 4.78 is 0. The average molecular weight is 295 g/mol. The number of benzene rings is 1. The largest absolute Gasteiger partial charge is 0.314 e. The maximum absolute atomic E-state index is 6.22. The molecule has 20 heavy (non-hydrogen) atoms. The van der Waals surface area contributed by atoms with Gasteiger partial charge < -0.3 is 5.32 Å². The number of rotatable bonds is 5. The van der Waals surface area contributed by atoms with Crippen LogP contribution in [0.5, 0.6) is 0 Å². The summed E-state index contributed by atoms with van der Waals surface area (Å²) in [4.78, 5) is 2.57. The number of aryl methyl sites for hydroxylation is 1. The van der Waals surface area contributed by atoms with Gasteiger partial charge in [-0.25, -0.2) is 0 Å². The summed E-state index contributed by atoms with van der Waals surface area (Å²) in [6.45, 7) is 11.1. The third kappa shape index (κ3) is 4.76. The van der Waals surface area contributed by atoms with E-state index in [1.165, 1.54) is 31.5 Å². The minimum Gasteiger partial charge on any atom is -0.314 e. The van der Waals surface area contributed by atoms with E-state index in [1.54, 1.807) is 0 Å². The second-order valence-corrected chi connectivity index (χ2v) is 6.80. The highest BCUT2D eigenvalue weighted by molar-refractivity contribution is 6.31. The molecular formula is C17H27ClN2. The van der Waals surface area contributed by atoms with Crippen LogP contribution in [0.25, 0.3) is 0 Å². The Bertz CT molecular complexity index is 431. The fourth-order valence-corrected chi connectivity index (χ4v) is 3.06. The first kappa shape index (κ1) is 15.8. The van der Waals surface area contributed by atoms with Crippen LogP contribution in [0.15, 0.2) is 18.2 Å². The highest BCUT2D eigenvalue weighted by atomic mass is 35.5. The molecule has 1 aromatic carbocycles. The zero-order chi connectivity index (χ0) is 14.5. The lowest BCUT2D eigenvalue weighted by Crippen LogP contribution is -2.40. The average Bonchev–Trinajstić information content (AvgIpc) is 2.41. The highest BCUT2D eigenvalue weighted by Crippen LogP contribution is 2.21. The van der Waals surface area contributed by atoms with Gasteiger partial charge in [0.05, 0.1) is 0 Å². The first-order valence-electron chi connectivity index (χ1n) is 7.75. The van der Waals surface area contributed by atoms with E-state index in [-0.39, 0.29) is 0 Å². The SMILES string of the molecule is Cc1ccc(CN2CCCC(CNC(C)C)C2)cc1Cl. The van der Waals surface area contributed by atoms with Crippen molar-refractivity contribution in [3.05, 3.63) is 34.3 Å². The zero-order valence-electron chi connectivity index (χ0n) is 13.0. The molecule has 0 amide bonds. The van der Waals surface area contributed by atoms with Crippen molar-refractivity contribution < 1.29 is 0 Å². The lowest BCUT2D eigenvalue weighted by Gasteiger charge is -2.33. The van der Waals surface area contributed by atoms with Crippen LogP contribution in [0.2, 0.25) is 5.02 Å². The fraction of sp³-hybridized carbons (Fsp3) is 0.647. The summed E-state index contributed by atoms with van der Waals surface area (Å²) in [5.74, 6) is 0.784. The molecular weight excluding hydrogens is 268 g/mol. The Kier molecular flexibility index (Phi) is 5.88. The molecule has 0 radical (unpaired) electrons. The maximum Gasteiger partial charge on any atom is 0.0438 e. The van der Waals surface area contributed by atoms with Crippen molar-refractivity contribution in [1.29, 1.82) is 0 Å². The summed E-state index contributed by atoms with van der Waals surface area (Å²) in [5, 5.41) is 4.46. The first-order valence-corrected chi connectivity index (χ1v) is 8.13. The molecule has 1 aliphatic rings. The summed E-state index contributed by atoms with van der Waals surface area (Å²) in [7, 11) is 0. The van der Waals surface area contributed by atoms with Gasteiger partial charge in [0, 0.05) is 24.2 Å². The van der Waals surface area contributed by atoms with Crippen LogP contribution in [-0.4, -0.2) is 30.6 Å². The molecule has 0 spiro atoms. The van der Waals surface area contributed by atoms with Gasteiger partial charge in [0.2, 0.25) is 0 Å². The minimum absolute atomic E-state index is 0.585. The predicted octanol–water partition coefficient (Wildman–Crippen LogP) is 3.86. The smallest absolute Gasteiger partial charge is 0.0438 e. The molecule has 0 saturated carbocycles. The summed E-state index contributed by atoms with van der Waals surface area (Å²) in [6, 6.07) is 7.03. The standard InChI is InChI=1S/C17H27ClN2/c1-13(2)19-10-16-5-4-8-20(12-16)11-15-7-6-14(3)17(18)9-15/h6-7,9,13,16,19H,4-5,8,10-12H2,1-3H3. The van der Waals surface area contributed by atoms with Crippen LogP contribution in [0.4, 0.5) is 0 Å². The van der Waals surface area contributed by atoms with E-state index in [0.29, 0.717) is 6.04 Å². The highest BCUT2D eigenvalue weighted by Gasteiger charge is 2.20. The Morgan fingerprint density at radius 3 is 2.90 bits per heavy atom. The van der Waals surface area contributed by atoms with Gasteiger partial charge in [-0.15, -0.1) is 0 Å². The van der Waals surface area contributed by atoms with E-state index in [4.69, 9.17) is 11.6 Å². The van der Waals surface area contributed by atoms with Crippen molar-refractivity contribution >= 4 is 11.6 Å². The van der Waals surface area contributed by atoms with E-state index >= 15 is 0 Å². The van der Waals surface area contributed by atoms with Crippen molar-refractivity contribution in [2.45, 2.75) is 46.2 Å². The van der Waals surface area contributed by atoms with Crippen LogP contribution in [0.1, 0.15) is 37.8 Å². The van der Waals surface area contributed by atoms with Crippen molar-refractivity contribution in [3.8, 4) is 0 Å². The van der Waals surface area contributed by atoms with Crippen molar-refractivity contribution in [3.63, 3.8) is 0 Å². The normalized spacial score (nSPS) is 20.6. The second kappa shape index (κ2) is 7.44. The lowest BCUT2D eigenvalue weighted by molar-refractivity contribution is 0.164. The molecule has 1 aromatic rings. The molecule has 1 heterocycles. The van der Waals surface area contributed by atoms with Gasteiger partial charge in [-0.1, -0.05) is 37.6 Å². The number of hydrogen-bond acceptors (Lipinski definition) is 2. The Labute approximate surface area is 128 Å². The Balaban J connectivity index is 1.87. The van der Waals surface area contributed by atoms with E-state index in [1.807, 2.05) is 0 Å². The number of hydrogen-bond donors (Lipinski definition) is 1. The Morgan fingerprint density at radius 1 is 1.40 bits per heavy atom. The summed E-state index contributed by atoms with van der Waals surface area (Å²) in [5.41, 5.74) is 2.49. The van der Waals surface area contributed by atoms with Gasteiger partial charge in [0.25, 0.3) is 0 Å². The summed E-state index contributed by atoms with van der Waals surface area (Å²) in [6.07, 6.45) is 2.66. The van der Waals surface area contributed by atoms with Crippen LogP contribution in [0, 0.1) is 12.8 Å². The Morgan fingerprint density at radius 2 is 2.20 bits per heavy atom. The Hall–Kier alpha value is -0.570. The molecule has 3 heteroatoms.